The number of carbonyl (C=O) groups excluding carboxylic acids is 1. The van der Waals surface area contributed by atoms with Gasteiger partial charge in [0.05, 0.1) is 52.3 Å². The molecule has 1 amide bonds. The van der Waals surface area contributed by atoms with E-state index < -0.39 is 6.17 Å². The zero-order valence-corrected chi connectivity index (χ0v) is 29.9. The number of amides is 1. The highest BCUT2D eigenvalue weighted by molar-refractivity contribution is 6.01. The number of anilines is 1. The molecule has 1 aromatic heterocycles. The quantitative estimate of drug-likeness (QED) is 0.0606. The van der Waals surface area contributed by atoms with Crippen molar-refractivity contribution in [2.45, 2.75) is 65.2 Å². The van der Waals surface area contributed by atoms with E-state index in [1.165, 1.54) is 0 Å². The first-order chi connectivity index (χ1) is 25.8. The van der Waals surface area contributed by atoms with Gasteiger partial charge in [-0.25, -0.2) is 0 Å². The molecular formula is C41H45N3O9. The van der Waals surface area contributed by atoms with Gasteiger partial charge in [-0.2, -0.15) is 0 Å². The fourth-order valence-corrected chi connectivity index (χ4v) is 6.42. The molecule has 0 saturated carbocycles. The lowest BCUT2D eigenvalue weighted by molar-refractivity contribution is 0.0935. The minimum Gasteiger partial charge on any atom is -0.493 e. The molecular weight excluding hydrogens is 678 g/mol. The van der Waals surface area contributed by atoms with Crippen LogP contribution in [0.25, 0.3) is 22.6 Å². The van der Waals surface area contributed by atoms with Crippen molar-refractivity contribution in [2.75, 3.05) is 25.6 Å². The topological polar surface area (TPSA) is 176 Å². The number of aromatic nitrogens is 1. The molecule has 0 fully saturated rings. The lowest BCUT2D eigenvalue weighted by Crippen LogP contribution is -2.38. The van der Waals surface area contributed by atoms with Crippen molar-refractivity contribution in [1.82, 2.24) is 10.5 Å². The number of aryl methyl sites for hydroxylation is 1. The molecule has 6 N–H and O–H groups in total. The van der Waals surface area contributed by atoms with Crippen molar-refractivity contribution in [3.8, 4) is 39.8 Å². The average Bonchev–Trinajstić information content (AvgIpc) is 3.69. The highest BCUT2D eigenvalue weighted by Gasteiger charge is 2.25. The fraction of sp³-hybridized carbons (Fsp3) is 0.317. The molecule has 1 aliphatic rings. The van der Waals surface area contributed by atoms with Gasteiger partial charge in [-0.1, -0.05) is 22.9 Å². The summed E-state index contributed by atoms with van der Waals surface area (Å²) in [6.45, 7) is 1.89. The van der Waals surface area contributed by atoms with Gasteiger partial charge >= 0.3 is 0 Å². The molecule has 5 aromatic rings. The van der Waals surface area contributed by atoms with E-state index in [2.05, 4.69) is 15.8 Å². The lowest BCUT2D eigenvalue weighted by Gasteiger charge is -2.29. The Labute approximate surface area is 308 Å². The summed E-state index contributed by atoms with van der Waals surface area (Å²) in [4.78, 5) is 12.7. The van der Waals surface area contributed by atoms with Crippen LogP contribution >= 0.6 is 0 Å². The van der Waals surface area contributed by atoms with E-state index in [0.29, 0.717) is 75.3 Å². The zero-order chi connectivity index (χ0) is 37.3. The normalized spacial score (nSPS) is 13.6. The van der Waals surface area contributed by atoms with Crippen LogP contribution in [0.3, 0.4) is 0 Å². The second kappa shape index (κ2) is 17.4. The molecule has 0 aliphatic carbocycles. The number of aliphatic hydroxyl groups is 4. The Morgan fingerprint density at radius 1 is 0.698 bits per heavy atom. The number of carbonyl (C=O) groups is 1. The van der Waals surface area contributed by atoms with E-state index in [-0.39, 0.29) is 32.3 Å². The minimum atomic E-state index is -0.415. The fourth-order valence-electron chi connectivity index (χ4n) is 6.42. The molecule has 2 heterocycles. The monoisotopic (exact) mass is 723 g/mol. The van der Waals surface area contributed by atoms with Crippen molar-refractivity contribution >= 4 is 11.6 Å². The Bertz CT molecular complexity index is 2020. The molecule has 4 aromatic carbocycles. The van der Waals surface area contributed by atoms with E-state index in [4.69, 9.17) is 18.7 Å². The lowest BCUT2D eigenvalue weighted by atomic mass is 9.97. The molecule has 0 bridgehead atoms. The van der Waals surface area contributed by atoms with Gasteiger partial charge in [0.1, 0.15) is 17.6 Å². The van der Waals surface area contributed by atoms with E-state index in [1.54, 1.807) is 25.3 Å². The standard InChI is InChI=1S/C41H45N3O9/c1-25-7-10-34-32(15-25)41(49)43-40(42-34)27-9-11-36(31(16-27)23-47)51-13-5-3-4-6-14-52-39-19-26(8-12-37(39)50-2)38-20-35(44-53-38)28-17-29(21-45)33(24-48)30(18-28)22-46/h7-12,15-20,40,42,45-48H,3-6,13-14,21-24H2,1-2H3,(H,43,49). The molecule has 12 heteroatoms. The van der Waals surface area contributed by atoms with Crippen LogP contribution in [0.2, 0.25) is 0 Å². The van der Waals surface area contributed by atoms with Crippen LogP contribution in [0.1, 0.15) is 75.6 Å². The number of benzene rings is 4. The summed E-state index contributed by atoms with van der Waals surface area (Å²) < 4.78 is 23.3. The highest BCUT2D eigenvalue weighted by atomic mass is 16.5. The molecule has 1 aliphatic heterocycles. The van der Waals surface area contributed by atoms with Crippen molar-refractivity contribution in [1.29, 1.82) is 0 Å². The predicted octanol–water partition coefficient (Wildman–Crippen LogP) is 6.17. The average molecular weight is 724 g/mol. The number of methoxy groups -OCH3 is 1. The van der Waals surface area contributed by atoms with Gasteiger partial charge in [-0.05, 0) is 109 Å². The van der Waals surface area contributed by atoms with E-state index in [9.17, 15) is 25.2 Å². The first-order valence-electron chi connectivity index (χ1n) is 17.7. The Morgan fingerprint density at radius 3 is 2.08 bits per heavy atom. The molecule has 0 spiro atoms. The Morgan fingerprint density at radius 2 is 1.40 bits per heavy atom. The van der Waals surface area contributed by atoms with Crippen LogP contribution < -0.4 is 24.8 Å². The van der Waals surface area contributed by atoms with Crippen molar-refractivity contribution in [3.05, 3.63) is 112 Å². The molecule has 1 unspecified atom stereocenters. The van der Waals surface area contributed by atoms with Crippen LogP contribution in [0.5, 0.6) is 17.2 Å². The third-order valence-corrected chi connectivity index (χ3v) is 9.32. The number of ether oxygens (including phenoxy) is 3. The molecule has 6 rings (SSSR count). The van der Waals surface area contributed by atoms with Crippen LogP contribution in [0.15, 0.2) is 77.3 Å². The molecule has 53 heavy (non-hydrogen) atoms. The Kier molecular flexibility index (Phi) is 12.3. The summed E-state index contributed by atoms with van der Waals surface area (Å²) in [7, 11) is 1.59. The number of rotatable bonds is 17. The summed E-state index contributed by atoms with van der Waals surface area (Å²) in [5.74, 6) is 2.15. The smallest absolute Gasteiger partial charge is 0.255 e. The first kappa shape index (κ1) is 37.4. The maximum Gasteiger partial charge on any atom is 0.255 e. The summed E-state index contributed by atoms with van der Waals surface area (Å²) in [5.41, 5.74) is 7.33. The molecule has 0 saturated heterocycles. The predicted molar refractivity (Wildman–Crippen MR) is 199 cm³/mol. The number of fused-ring (bicyclic) bond motifs is 1. The van der Waals surface area contributed by atoms with Crippen LogP contribution in [0.4, 0.5) is 5.69 Å². The SMILES string of the molecule is COc1ccc(-c2cc(-c3cc(CO)c(CO)c(CO)c3)no2)cc1OCCCCCCOc1ccc(C2NC(=O)c3cc(C)ccc3N2)cc1CO. The third-order valence-electron chi connectivity index (χ3n) is 9.32. The summed E-state index contributed by atoms with van der Waals surface area (Å²) >= 11 is 0. The summed E-state index contributed by atoms with van der Waals surface area (Å²) in [6.07, 6.45) is 3.10. The van der Waals surface area contributed by atoms with Crippen molar-refractivity contribution in [2.24, 2.45) is 0 Å². The number of hydrogen-bond donors (Lipinski definition) is 6. The van der Waals surface area contributed by atoms with Gasteiger partial charge in [0.25, 0.3) is 5.91 Å². The van der Waals surface area contributed by atoms with E-state index in [1.807, 2.05) is 61.5 Å². The van der Waals surface area contributed by atoms with Crippen molar-refractivity contribution in [3.63, 3.8) is 0 Å². The van der Waals surface area contributed by atoms with Gasteiger partial charge in [0.2, 0.25) is 0 Å². The molecule has 278 valence electrons. The minimum absolute atomic E-state index is 0.141. The first-order valence-corrected chi connectivity index (χ1v) is 17.7. The summed E-state index contributed by atoms with van der Waals surface area (Å²) in [6, 6.07) is 22.0. The number of nitrogens with zero attached hydrogens (tertiary/aromatic N) is 1. The maximum absolute atomic E-state index is 12.7. The van der Waals surface area contributed by atoms with Crippen LogP contribution in [-0.4, -0.2) is 51.8 Å². The summed E-state index contributed by atoms with van der Waals surface area (Å²) in [5, 5.41) is 49.9. The molecule has 12 nitrogen and oxygen atoms in total. The Hall–Kier alpha value is -5.40. The number of aliphatic hydroxyl groups excluding tert-OH is 4. The van der Waals surface area contributed by atoms with E-state index >= 15 is 0 Å². The van der Waals surface area contributed by atoms with Gasteiger partial charge < -0.3 is 49.8 Å². The molecule has 0 radical (unpaired) electrons. The van der Waals surface area contributed by atoms with Gasteiger partial charge in [-0.3, -0.25) is 4.79 Å². The highest BCUT2D eigenvalue weighted by Crippen LogP contribution is 2.35. The van der Waals surface area contributed by atoms with Gasteiger partial charge in [0, 0.05) is 28.4 Å². The largest absolute Gasteiger partial charge is 0.493 e. The van der Waals surface area contributed by atoms with Crippen LogP contribution in [-0.2, 0) is 26.4 Å². The van der Waals surface area contributed by atoms with Crippen LogP contribution in [0, 0.1) is 6.92 Å². The van der Waals surface area contributed by atoms with Gasteiger partial charge in [0.15, 0.2) is 17.3 Å². The number of nitrogens with one attached hydrogen (secondary N) is 2. The Balaban J connectivity index is 0.975. The van der Waals surface area contributed by atoms with E-state index in [0.717, 1.165) is 48.1 Å². The second-order valence-corrected chi connectivity index (χ2v) is 12.9. The van der Waals surface area contributed by atoms with Crippen molar-refractivity contribution < 1.29 is 44.0 Å². The molecule has 1 atom stereocenters. The third kappa shape index (κ3) is 8.64. The van der Waals surface area contributed by atoms with Gasteiger partial charge in [-0.15, -0.1) is 0 Å². The second-order valence-electron chi connectivity index (χ2n) is 12.9. The number of unbranched alkanes of at least 4 members (excludes halogenated alkanes) is 3. The maximum atomic E-state index is 12.7. The zero-order valence-electron chi connectivity index (χ0n) is 29.9. The number of hydrogen-bond acceptors (Lipinski definition) is 11.